The van der Waals surface area contributed by atoms with Crippen molar-refractivity contribution in [2.24, 2.45) is 0 Å². The van der Waals surface area contributed by atoms with Gasteiger partial charge in [0.2, 0.25) is 0 Å². The zero-order valence-electron chi connectivity index (χ0n) is 25.3. The van der Waals surface area contributed by atoms with Crippen LogP contribution in [0.2, 0.25) is 0 Å². The standard InChI is InChI=1S/C33H42N6O4/c1-25-5-6-28-26(21-25)22-27(41-2)23-31(28)39-10-7-29-30(24-39)34-33(43-18-4-9-37-15-19-42-20-16-37)35-32(29)38-13-11-36(12-14-38)8-3-17-40/h3,5-6,8,17,21-23H,4,7,9-16,18-20,24H2,1-2H3. The molecule has 10 nitrogen and oxygen atoms in total. The van der Waals surface area contributed by atoms with Gasteiger partial charge in [0.25, 0.3) is 0 Å². The molecule has 0 radical (unpaired) electrons. The SMILES string of the molecule is COc1cc(N2CCc3c(nc(OCCCN4CCOCC4)nc3N3CCN(C=CC=O)CC3)C2)c2ccc(C)cc2c1. The van der Waals surface area contributed by atoms with E-state index in [1.165, 1.54) is 21.9 Å². The van der Waals surface area contributed by atoms with Crippen LogP contribution in [-0.4, -0.2) is 105 Å². The quantitative estimate of drug-likeness (QED) is 0.200. The number of nitrogens with zero attached hydrogens (tertiary/aromatic N) is 6. The van der Waals surface area contributed by atoms with Crippen LogP contribution in [0.5, 0.6) is 11.8 Å². The summed E-state index contributed by atoms with van der Waals surface area (Å²) in [6, 6.07) is 11.3. The number of aldehydes is 1. The predicted molar refractivity (Wildman–Crippen MR) is 168 cm³/mol. The van der Waals surface area contributed by atoms with Gasteiger partial charge in [-0.2, -0.15) is 9.97 Å². The Balaban J connectivity index is 1.25. The minimum Gasteiger partial charge on any atom is -0.497 e. The molecule has 6 rings (SSSR count). The fourth-order valence-electron chi connectivity index (χ4n) is 6.26. The highest BCUT2D eigenvalue weighted by molar-refractivity contribution is 5.96. The van der Waals surface area contributed by atoms with Gasteiger partial charge in [0.05, 0.1) is 39.2 Å². The number of methoxy groups -OCH3 is 1. The molecule has 2 fully saturated rings. The van der Waals surface area contributed by atoms with Crippen molar-refractivity contribution in [3.63, 3.8) is 0 Å². The summed E-state index contributed by atoms with van der Waals surface area (Å²) >= 11 is 0. The van der Waals surface area contributed by atoms with Gasteiger partial charge in [-0.1, -0.05) is 23.8 Å². The van der Waals surface area contributed by atoms with E-state index in [4.69, 9.17) is 24.2 Å². The fourth-order valence-corrected chi connectivity index (χ4v) is 6.26. The van der Waals surface area contributed by atoms with E-state index in [9.17, 15) is 4.79 Å². The maximum Gasteiger partial charge on any atom is 0.318 e. The van der Waals surface area contributed by atoms with Gasteiger partial charge in [-0.05, 0) is 37.3 Å². The minimum absolute atomic E-state index is 0.451. The summed E-state index contributed by atoms with van der Waals surface area (Å²) in [7, 11) is 1.73. The van der Waals surface area contributed by atoms with E-state index in [1.54, 1.807) is 13.2 Å². The molecule has 10 heteroatoms. The fraction of sp³-hybridized carbons (Fsp3) is 0.485. The molecule has 0 unspecified atom stereocenters. The van der Waals surface area contributed by atoms with Crippen molar-refractivity contribution in [1.29, 1.82) is 0 Å². The average Bonchev–Trinajstić information content (AvgIpc) is 3.05. The second kappa shape index (κ2) is 13.6. The van der Waals surface area contributed by atoms with Gasteiger partial charge in [0.15, 0.2) is 0 Å². The van der Waals surface area contributed by atoms with E-state index >= 15 is 0 Å². The van der Waals surface area contributed by atoms with E-state index in [0.717, 1.165) is 108 Å². The van der Waals surface area contributed by atoms with Crippen molar-refractivity contribution in [2.45, 2.75) is 26.3 Å². The van der Waals surface area contributed by atoms with Gasteiger partial charge >= 0.3 is 6.01 Å². The summed E-state index contributed by atoms with van der Waals surface area (Å²) in [6.45, 7) is 12.1. The molecule has 0 saturated carbocycles. The van der Waals surface area contributed by atoms with Gasteiger partial charge in [0, 0.05) is 81.3 Å². The Morgan fingerprint density at radius 1 is 0.977 bits per heavy atom. The number of fused-ring (bicyclic) bond motifs is 2. The Bertz CT molecular complexity index is 1450. The summed E-state index contributed by atoms with van der Waals surface area (Å²) in [5.41, 5.74) is 4.61. The lowest BCUT2D eigenvalue weighted by molar-refractivity contribution is -0.104. The summed E-state index contributed by atoms with van der Waals surface area (Å²) in [6.07, 6.45) is 6.02. The first-order valence-corrected chi connectivity index (χ1v) is 15.4. The van der Waals surface area contributed by atoms with Crippen molar-refractivity contribution in [2.75, 3.05) is 89.1 Å². The normalized spacial score (nSPS) is 17.9. The molecule has 3 aromatic rings. The highest BCUT2D eigenvalue weighted by atomic mass is 16.5. The molecular formula is C33H42N6O4. The van der Waals surface area contributed by atoms with E-state index in [0.29, 0.717) is 19.2 Å². The lowest BCUT2D eigenvalue weighted by atomic mass is 10.0. The zero-order chi connectivity index (χ0) is 29.6. The molecular weight excluding hydrogens is 544 g/mol. The van der Waals surface area contributed by atoms with Crippen LogP contribution in [0, 0.1) is 6.92 Å². The second-order valence-electron chi connectivity index (χ2n) is 11.5. The molecule has 0 atom stereocenters. The van der Waals surface area contributed by atoms with E-state index < -0.39 is 0 Å². The molecule has 0 spiro atoms. The molecule has 0 aliphatic carbocycles. The van der Waals surface area contributed by atoms with Gasteiger partial charge in [-0.25, -0.2) is 0 Å². The first kappa shape index (κ1) is 29.2. The number of aromatic nitrogens is 2. The summed E-state index contributed by atoms with van der Waals surface area (Å²) in [5, 5.41) is 2.39. The van der Waals surface area contributed by atoms with Crippen LogP contribution in [0.1, 0.15) is 23.2 Å². The van der Waals surface area contributed by atoms with Gasteiger partial charge in [0.1, 0.15) is 17.9 Å². The van der Waals surface area contributed by atoms with Gasteiger partial charge in [-0.3, -0.25) is 9.69 Å². The number of benzene rings is 2. The van der Waals surface area contributed by atoms with E-state index in [1.807, 2.05) is 6.20 Å². The van der Waals surface area contributed by atoms with Crippen molar-refractivity contribution >= 4 is 28.6 Å². The van der Waals surface area contributed by atoms with Gasteiger partial charge in [-0.15, -0.1) is 0 Å². The topological polar surface area (TPSA) is 83.5 Å². The third-order valence-corrected chi connectivity index (χ3v) is 8.60. The highest BCUT2D eigenvalue weighted by Crippen LogP contribution is 2.37. The van der Waals surface area contributed by atoms with Crippen LogP contribution in [0.25, 0.3) is 10.8 Å². The summed E-state index contributed by atoms with van der Waals surface area (Å²) in [4.78, 5) is 30.2. The number of piperazine rings is 1. The molecule has 3 aliphatic rings. The Morgan fingerprint density at radius 2 is 1.81 bits per heavy atom. The van der Waals surface area contributed by atoms with Gasteiger partial charge < -0.3 is 28.9 Å². The molecule has 4 heterocycles. The third-order valence-electron chi connectivity index (χ3n) is 8.60. The number of hydrogen-bond acceptors (Lipinski definition) is 10. The van der Waals surface area contributed by atoms with E-state index in [2.05, 4.69) is 56.9 Å². The maximum absolute atomic E-state index is 10.8. The van der Waals surface area contributed by atoms with E-state index in [-0.39, 0.29) is 0 Å². The van der Waals surface area contributed by atoms with Crippen molar-refractivity contribution in [1.82, 2.24) is 19.8 Å². The Labute approximate surface area is 253 Å². The summed E-state index contributed by atoms with van der Waals surface area (Å²) in [5.74, 6) is 1.84. The molecule has 2 aromatic carbocycles. The van der Waals surface area contributed by atoms with Crippen molar-refractivity contribution < 1.29 is 19.0 Å². The maximum atomic E-state index is 10.8. The number of hydrogen-bond donors (Lipinski definition) is 0. The van der Waals surface area contributed by atoms with Crippen LogP contribution < -0.4 is 19.3 Å². The first-order chi connectivity index (χ1) is 21.1. The van der Waals surface area contributed by atoms with Crippen LogP contribution >= 0.6 is 0 Å². The summed E-state index contributed by atoms with van der Waals surface area (Å²) < 4.78 is 17.4. The van der Waals surface area contributed by atoms with Crippen LogP contribution in [-0.2, 0) is 22.5 Å². The molecule has 0 bridgehead atoms. The molecule has 1 aromatic heterocycles. The molecule has 0 amide bonds. The lowest BCUT2D eigenvalue weighted by Gasteiger charge is -2.38. The Hall–Kier alpha value is -3.89. The number of carbonyl (C=O) groups is 1. The average molecular weight is 587 g/mol. The number of ether oxygens (including phenoxy) is 3. The Kier molecular flexibility index (Phi) is 9.24. The largest absolute Gasteiger partial charge is 0.497 e. The molecule has 2 saturated heterocycles. The number of aryl methyl sites for hydroxylation is 1. The van der Waals surface area contributed by atoms with Crippen molar-refractivity contribution in [3.05, 3.63) is 59.4 Å². The number of carbonyl (C=O) groups excluding carboxylic acids is 1. The molecule has 3 aliphatic heterocycles. The van der Waals surface area contributed by atoms with Crippen LogP contribution in [0.3, 0.4) is 0 Å². The number of rotatable bonds is 10. The Morgan fingerprint density at radius 3 is 2.60 bits per heavy atom. The molecule has 228 valence electrons. The monoisotopic (exact) mass is 586 g/mol. The zero-order valence-corrected chi connectivity index (χ0v) is 25.3. The number of anilines is 2. The second-order valence-corrected chi connectivity index (χ2v) is 11.5. The first-order valence-electron chi connectivity index (χ1n) is 15.4. The molecule has 0 N–H and O–H groups in total. The van der Waals surface area contributed by atoms with Crippen LogP contribution in [0.15, 0.2) is 42.6 Å². The van der Waals surface area contributed by atoms with Crippen molar-refractivity contribution in [3.8, 4) is 11.8 Å². The third kappa shape index (κ3) is 6.86. The lowest BCUT2D eigenvalue weighted by Crippen LogP contribution is -2.45. The molecule has 43 heavy (non-hydrogen) atoms. The van der Waals surface area contributed by atoms with Crippen LogP contribution in [0.4, 0.5) is 11.5 Å². The predicted octanol–water partition coefficient (Wildman–Crippen LogP) is 3.45. The highest BCUT2D eigenvalue weighted by Gasteiger charge is 2.28. The number of morpholine rings is 1. The smallest absolute Gasteiger partial charge is 0.318 e. The minimum atomic E-state index is 0.451. The number of allylic oxidation sites excluding steroid dienone is 1.